The van der Waals surface area contributed by atoms with Gasteiger partial charge in [0.15, 0.2) is 0 Å². The first-order valence-corrected chi connectivity index (χ1v) is 11.1. The number of pyridine rings is 1. The van der Waals surface area contributed by atoms with Crippen LogP contribution in [0.4, 0.5) is 11.5 Å². The highest BCUT2D eigenvalue weighted by atomic mass is 16.5. The molecule has 1 fully saturated rings. The molecule has 0 spiro atoms. The molecule has 4 rings (SSSR count). The highest BCUT2D eigenvalue weighted by Gasteiger charge is 2.28. The number of aromatic nitrogens is 3. The summed E-state index contributed by atoms with van der Waals surface area (Å²) < 4.78 is 5.29. The van der Waals surface area contributed by atoms with E-state index in [9.17, 15) is 4.79 Å². The van der Waals surface area contributed by atoms with Crippen LogP contribution in [0, 0.1) is 5.92 Å². The summed E-state index contributed by atoms with van der Waals surface area (Å²) in [6, 6.07) is 12.1. The molecule has 1 N–H and O–H groups in total. The van der Waals surface area contributed by atoms with Crippen molar-refractivity contribution < 1.29 is 9.32 Å². The lowest BCUT2D eigenvalue weighted by atomic mass is 9.96. The Morgan fingerprint density at radius 1 is 1.25 bits per heavy atom. The molecule has 1 aromatic carbocycles. The third-order valence-corrected chi connectivity index (χ3v) is 5.81. The van der Waals surface area contributed by atoms with Gasteiger partial charge < -0.3 is 19.6 Å². The number of hydrogen-bond donors (Lipinski definition) is 1. The number of amides is 1. The maximum atomic E-state index is 12.9. The van der Waals surface area contributed by atoms with Crippen LogP contribution in [0.5, 0.6) is 0 Å². The maximum absolute atomic E-state index is 12.9. The third-order valence-electron chi connectivity index (χ3n) is 5.81. The second-order valence-electron chi connectivity index (χ2n) is 8.30. The minimum absolute atomic E-state index is 0.0803. The molecule has 3 aromatic rings. The smallest absolute Gasteiger partial charge is 0.226 e. The molecule has 0 bridgehead atoms. The van der Waals surface area contributed by atoms with E-state index in [0.717, 1.165) is 42.0 Å². The zero-order valence-corrected chi connectivity index (χ0v) is 18.9. The first-order valence-electron chi connectivity index (χ1n) is 11.1. The number of carbonyl (C=O) groups is 1. The lowest BCUT2D eigenvalue weighted by Crippen LogP contribution is -2.43. The second-order valence-corrected chi connectivity index (χ2v) is 8.30. The van der Waals surface area contributed by atoms with Crippen molar-refractivity contribution >= 4 is 17.4 Å². The molecule has 168 valence electrons. The lowest BCUT2D eigenvalue weighted by Gasteiger charge is -2.33. The SMILES string of the molecule is CCc1nc(-c2cccnc2N2CCCC(C(=O)NCc3ccc(N(C)C)cc3)C2)no1. The fourth-order valence-corrected chi connectivity index (χ4v) is 3.96. The molecule has 0 radical (unpaired) electrons. The van der Waals surface area contributed by atoms with E-state index < -0.39 is 0 Å². The third kappa shape index (κ3) is 4.90. The summed E-state index contributed by atoms with van der Waals surface area (Å²) in [6.45, 7) is 3.97. The highest BCUT2D eigenvalue weighted by Crippen LogP contribution is 2.30. The Bertz CT molecular complexity index is 1050. The van der Waals surface area contributed by atoms with E-state index in [-0.39, 0.29) is 11.8 Å². The molecule has 1 atom stereocenters. The second kappa shape index (κ2) is 9.80. The van der Waals surface area contributed by atoms with Gasteiger partial charge in [-0.25, -0.2) is 4.98 Å². The molecule has 1 aliphatic heterocycles. The number of nitrogens with one attached hydrogen (secondary N) is 1. The van der Waals surface area contributed by atoms with E-state index in [1.54, 1.807) is 6.20 Å². The predicted octanol–water partition coefficient (Wildman–Crippen LogP) is 3.29. The Hall–Kier alpha value is -3.42. The number of rotatable bonds is 7. The standard InChI is InChI=1S/C24H30N6O2/c1-4-21-27-22(28-32-21)20-8-5-13-25-23(20)30-14-6-7-18(16-30)24(31)26-15-17-9-11-19(12-10-17)29(2)3/h5,8-13,18H,4,6-7,14-16H2,1-3H3,(H,26,31). The van der Waals surface area contributed by atoms with E-state index in [1.165, 1.54) is 0 Å². The van der Waals surface area contributed by atoms with Crippen LogP contribution in [-0.2, 0) is 17.8 Å². The van der Waals surface area contributed by atoms with E-state index in [1.807, 2.05) is 33.2 Å². The van der Waals surface area contributed by atoms with Gasteiger partial charge in [-0.3, -0.25) is 4.79 Å². The monoisotopic (exact) mass is 434 g/mol. The van der Waals surface area contributed by atoms with Crippen molar-refractivity contribution in [3.63, 3.8) is 0 Å². The summed E-state index contributed by atoms with van der Waals surface area (Å²) in [5, 5.41) is 7.22. The molecule has 2 aromatic heterocycles. The zero-order valence-electron chi connectivity index (χ0n) is 18.9. The molecule has 1 aliphatic rings. The molecule has 1 saturated heterocycles. The van der Waals surface area contributed by atoms with Gasteiger partial charge in [0.05, 0.1) is 11.5 Å². The molecule has 8 nitrogen and oxygen atoms in total. The topological polar surface area (TPSA) is 87.4 Å². The van der Waals surface area contributed by atoms with Gasteiger partial charge in [0.1, 0.15) is 5.82 Å². The van der Waals surface area contributed by atoms with Crippen LogP contribution in [-0.4, -0.2) is 48.2 Å². The molecule has 1 amide bonds. The number of piperidine rings is 1. The number of benzene rings is 1. The van der Waals surface area contributed by atoms with Gasteiger partial charge in [0, 0.05) is 52.0 Å². The van der Waals surface area contributed by atoms with Crippen molar-refractivity contribution in [2.45, 2.75) is 32.7 Å². The molecular formula is C24H30N6O2. The molecule has 0 saturated carbocycles. The quantitative estimate of drug-likeness (QED) is 0.610. The van der Waals surface area contributed by atoms with Gasteiger partial charge in [0.25, 0.3) is 0 Å². The van der Waals surface area contributed by atoms with Crippen molar-refractivity contribution in [3.8, 4) is 11.4 Å². The fraction of sp³-hybridized carbons (Fsp3) is 0.417. The fourth-order valence-electron chi connectivity index (χ4n) is 3.96. The minimum Gasteiger partial charge on any atom is -0.378 e. The first kappa shape index (κ1) is 21.8. The van der Waals surface area contributed by atoms with E-state index in [0.29, 0.717) is 31.2 Å². The Kier molecular flexibility index (Phi) is 6.68. The largest absolute Gasteiger partial charge is 0.378 e. The van der Waals surface area contributed by atoms with Crippen molar-refractivity contribution in [1.82, 2.24) is 20.4 Å². The Balaban J connectivity index is 1.42. The average Bonchev–Trinajstić information content (AvgIpc) is 3.32. The van der Waals surface area contributed by atoms with E-state index >= 15 is 0 Å². The van der Waals surface area contributed by atoms with Crippen LogP contribution in [0.25, 0.3) is 11.4 Å². The zero-order chi connectivity index (χ0) is 22.5. The van der Waals surface area contributed by atoms with Crippen LogP contribution < -0.4 is 15.1 Å². The number of anilines is 2. The predicted molar refractivity (Wildman–Crippen MR) is 124 cm³/mol. The maximum Gasteiger partial charge on any atom is 0.226 e. The number of carbonyl (C=O) groups excluding carboxylic acids is 1. The number of aryl methyl sites for hydroxylation is 1. The Morgan fingerprint density at radius 2 is 2.06 bits per heavy atom. The molecule has 8 heteroatoms. The molecule has 1 unspecified atom stereocenters. The van der Waals surface area contributed by atoms with Crippen molar-refractivity contribution in [2.75, 3.05) is 37.0 Å². The van der Waals surface area contributed by atoms with Crippen molar-refractivity contribution in [2.24, 2.45) is 5.92 Å². The van der Waals surface area contributed by atoms with E-state index in [2.05, 4.69) is 54.5 Å². The van der Waals surface area contributed by atoms with Gasteiger partial charge in [-0.05, 0) is 42.7 Å². The molecule has 32 heavy (non-hydrogen) atoms. The lowest BCUT2D eigenvalue weighted by molar-refractivity contribution is -0.125. The summed E-state index contributed by atoms with van der Waals surface area (Å²) >= 11 is 0. The summed E-state index contributed by atoms with van der Waals surface area (Å²) in [7, 11) is 4.03. The Morgan fingerprint density at radius 3 is 2.78 bits per heavy atom. The van der Waals surface area contributed by atoms with Gasteiger partial charge >= 0.3 is 0 Å². The molecule has 3 heterocycles. The summed E-state index contributed by atoms with van der Waals surface area (Å²) in [4.78, 5) is 26.2. The van der Waals surface area contributed by atoms with Crippen LogP contribution in [0.3, 0.4) is 0 Å². The summed E-state index contributed by atoms with van der Waals surface area (Å²) in [5.41, 5.74) is 3.06. The van der Waals surface area contributed by atoms with Crippen LogP contribution in [0.2, 0.25) is 0 Å². The first-order chi connectivity index (χ1) is 15.5. The van der Waals surface area contributed by atoms with Crippen LogP contribution in [0.1, 0.15) is 31.2 Å². The molecule has 0 aliphatic carbocycles. The van der Waals surface area contributed by atoms with E-state index in [4.69, 9.17) is 4.52 Å². The highest BCUT2D eigenvalue weighted by molar-refractivity contribution is 5.80. The van der Waals surface area contributed by atoms with Gasteiger partial charge in [-0.15, -0.1) is 0 Å². The number of nitrogens with zero attached hydrogens (tertiary/aromatic N) is 5. The van der Waals surface area contributed by atoms with Gasteiger partial charge in [0.2, 0.25) is 17.6 Å². The van der Waals surface area contributed by atoms with Crippen LogP contribution in [0.15, 0.2) is 47.1 Å². The number of hydrogen-bond acceptors (Lipinski definition) is 7. The van der Waals surface area contributed by atoms with Crippen molar-refractivity contribution in [3.05, 3.63) is 54.0 Å². The molecular weight excluding hydrogens is 404 g/mol. The average molecular weight is 435 g/mol. The summed E-state index contributed by atoms with van der Waals surface area (Å²) in [5.74, 6) is 1.93. The Labute approximate surface area is 188 Å². The minimum atomic E-state index is -0.0869. The van der Waals surface area contributed by atoms with Crippen LogP contribution >= 0.6 is 0 Å². The van der Waals surface area contributed by atoms with Gasteiger partial charge in [-0.1, -0.05) is 24.2 Å². The van der Waals surface area contributed by atoms with Gasteiger partial charge in [-0.2, -0.15) is 4.98 Å². The summed E-state index contributed by atoms with van der Waals surface area (Å²) in [6.07, 6.45) is 4.25. The van der Waals surface area contributed by atoms with Crippen molar-refractivity contribution in [1.29, 1.82) is 0 Å². The normalized spacial score (nSPS) is 16.1.